The first-order valence-corrected chi connectivity index (χ1v) is 11.7. The molecule has 0 fully saturated rings. The number of ether oxygens (including phenoxy) is 3. The zero-order valence-corrected chi connectivity index (χ0v) is 21.6. The van der Waals surface area contributed by atoms with Gasteiger partial charge in [0.2, 0.25) is 5.88 Å². The average molecular weight is 536 g/mol. The van der Waals surface area contributed by atoms with Crippen LogP contribution in [0.25, 0.3) is 0 Å². The van der Waals surface area contributed by atoms with E-state index in [1.807, 2.05) is 32.9 Å². The Morgan fingerprint density at radius 3 is 2.33 bits per heavy atom. The van der Waals surface area contributed by atoms with Crippen LogP contribution >= 0.6 is 46.4 Å². The molecule has 0 aliphatic rings. The first-order chi connectivity index (χ1) is 15.6. The molecule has 2 rings (SSSR count). The summed E-state index contributed by atoms with van der Waals surface area (Å²) >= 11 is 23.6. The van der Waals surface area contributed by atoms with Crippen molar-refractivity contribution in [2.24, 2.45) is 5.16 Å². The van der Waals surface area contributed by atoms with Crippen molar-refractivity contribution in [3.63, 3.8) is 0 Å². The molecule has 6 nitrogen and oxygen atoms in total. The Morgan fingerprint density at radius 2 is 1.73 bits per heavy atom. The van der Waals surface area contributed by atoms with Crippen LogP contribution < -0.4 is 14.2 Å². The summed E-state index contributed by atoms with van der Waals surface area (Å²) in [5.74, 6) is 1.40. The molecule has 10 heteroatoms. The van der Waals surface area contributed by atoms with Crippen LogP contribution in [-0.4, -0.2) is 36.6 Å². The van der Waals surface area contributed by atoms with Gasteiger partial charge in [-0.15, -0.1) is 0 Å². The lowest BCUT2D eigenvalue weighted by molar-refractivity contribution is 0.00165. The van der Waals surface area contributed by atoms with Crippen LogP contribution in [0.5, 0.6) is 17.4 Å². The van der Waals surface area contributed by atoms with E-state index in [2.05, 4.69) is 10.1 Å². The Morgan fingerprint density at radius 1 is 1.03 bits per heavy atom. The maximum atomic E-state index is 6.25. The highest BCUT2D eigenvalue weighted by Crippen LogP contribution is 2.37. The maximum Gasteiger partial charge on any atom is 0.213 e. The van der Waals surface area contributed by atoms with Crippen LogP contribution in [0.2, 0.25) is 10.0 Å². The summed E-state index contributed by atoms with van der Waals surface area (Å²) in [5.41, 5.74) is 0.701. The van der Waals surface area contributed by atoms with Crippen molar-refractivity contribution in [3.8, 4) is 17.4 Å². The standard InChI is InChI=1S/C23H26Cl4N2O4/c1-23(2,3)33-29-9-7-16-5-6-21(28-15-16)31-10-4-11-32-22-18(24)13-17(14-19(22)25)30-12-8-20(26)27/h5-6,8-9,13-15H,4,7,10-12H2,1-3H3. The van der Waals surface area contributed by atoms with Crippen LogP contribution in [0.1, 0.15) is 32.8 Å². The molecule has 1 heterocycles. The van der Waals surface area contributed by atoms with E-state index >= 15 is 0 Å². The molecule has 0 bridgehead atoms. The Kier molecular flexibility index (Phi) is 11.4. The van der Waals surface area contributed by atoms with Gasteiger partial charge in [0, 0.05) is 43.5 Å². The number of halogens is 4. The second-order valence-corrected chi connectivity index (χ2v) is 9.59. The van der Waals surface area contributed by atoms with Gasteiger partial charge in [0.05, 0.1) is 23.3 Å². The molecule has 0 aliphatic carbocycles. The molecule has 0 saturated carbocycles. The third kappa shape index (κ3) is 11.2. The maximum absolute atomic E-state index is 6.25. The van der Waals surface area contributed by atoms with Crippen molar-refractivity contribution >= 4 is 52.6 Å². The predicted molar refractivity (Wildman–Crippen MR) is 135 cm³/mol. The molecule has 0 amide bonds. The zero-order chi connectivity index (χ0) is 24.3. The fourth-order valence-electron chi connectivity index (χ4n) is 2.32. The van der Waals surface area contributed by atoms with Gasteiger partial charge in [-0.25, -0.2) is 4.98 Å². The molecule has 0 unspecified atom stereocenters. The van der Waals surface area contributed by atoms with Crippen LogP contribution in [0, 0.1) is 0 Å². The Balaban J connectivity index is 1.72. The highest BCUT2D eigenvalue weighted by Gasteiger charge is 2.11. The van der Waals surface area contributed by atoms with Gasteiger partial charge >= 0.3 is 0 Å². The highest BCUT2D eigenvalue weighted by molar-refractivity contribution is 6.55. The lowest BCUT2D eigenvalue weighted by Crippen LogP contribution is -2.15. The van der Waals surface area contributed by atoms with Gasteiger partial charge in [0.25, 0.3) is 0 Å². The normalized spacial score (nSPS) is 11.4. The molecule has 2 aromatic rings. The van der Waals surface area contributed by atoms with Gasteiger partial charge in [-0.1, -0.05) is 57.6 Å². The van der Waals surface area contributed by atoms with E-state index in [0.717, 1.165) is 5.56 Å². The Bertz CT molecular complexity index is 917. The smallest absolute Gasteiger partial charge is 0.213 e. The topological polar surface area (TPSA) is 62.2 Å². The van der Waals surface area contributed by atoms with Crippen molar-refractivity contribution in [3.05, 3.63) is 56.6 Å². The van der Waals surface area contributed by atoms with E-state index in [9.17, 15) is 0 Å². The minimum absolute atomic E-state index is 0.122. The van der Waals surface area contributed by atoms with Crippen molar-refractivity contribution in [2.45, 2.75) is 39.2 Å². The molecule has 0 atom stereocenters. The Labute approximate surface area is 214 Å². The summed E-state index contributed by atoms with van der Waals surface area (Å²) in [6.45, 7) is 6.81. The minimum atomic E-state index is -0.304. The fraction of sp³-hybridized carbons (Fsp3) is 0.391. The van der Waals surface area contributed by atoms with Crippen LogP contribution in [-0.2, 0) is 11.3 Å². The first-order valence-electron chi connectivity index (χ1n) is 10.2. The summed E-state index contributed by atoms with van der Waals surface area (Å²) < 4.78 is 16.9. The molecular formula is C23H26Cl4N2O4. The van der Waals surface area contributed by atoms with E-state index in [1.54, 1.807) is 24.5 Å². The molecule has 0 saturated heterocycles. The molecular weight excluding hydrogens is 510 g/mol. The van der Waals surface area contributed by atoms with Gasteiger partial charge in [-0.05, 0) is 32.4 Å². The average Bonchev–Trinajstić information content (AvgIpc) is 2.72. The number of rotatable bonds is 12. The number of oxime groups is 1. The zero-order valence-electron chi connectivity index (χ0n) is 18.6. The van der Waals surface area contributed by atoms with E-state index in [4.69, 9.17) is 65.5 Å². The monoisotopic (exact) mass is 534 g/mol. The van der Waals surface area contributed by atoms with Crippen molar-refractivity contribution in [1.82, 2.24) is 4.98 Å². The van der Waals surface area contributed by atoms with Crippen molar-refractivity contribution < 1.29 is 19.0 Å². The van der Waals surface area contributed by atoms with E-state index < -0.39 is 0 Å². The molecule has 33 heavy (non-hydrogen) atoms. The molecule has 0 N–H and O–H groups in total. The number of benzene rings is 1. The second kappa shape index (κ2) is 13.8. The summed E-state index contributed by atoms with van der Waals surface area (Å²) in [5, 5.41) is 4.64. The van der Waals surface area contributed by atoms with Gasteiger partial charge in [-0.2, -0.15) is 0 Å². The molecule has 0 spiro atoms. The lowest BCUT2D eigenvalue weighted by atomic mass is 10.2. The minimum Gasteiger partial charge on any atom is -0.490 e. The van der Waals surface area contributed by atoms with Gasteiger partial charge in [0.15, 0.2) is 5.75 Å². The van der Waals surface area contributed by atoms with E-state index in [1.165, 1.54) is 6.08 Å². The SMILES string of the molecule is CC(C)(C)ON=CCc1ccc(OCCCOc2c(Cl)cc(OCC=C(Cl)Cl)cc2Cl)nc1. The number of hydrogen-bond acceptors (Lipinski definition) is 6. The number of aromatic nitrogens is 1. The van der Waals surface area contributed by atoms with Gasteiger partial charge in [0.1, 0.15) is 22.4 Å². The van der Waals surface area contributed by atoms with Gasteiger partial charge < -0.3 is 19.0 Å². The first kappa shape index (κ1) is 27.4. The summed E-state index contributed by atoms with van der Waals surface area (Å²) in [6.07, 6.45) is 6.20. The van der Waals surface area contributed by atoms with E-state index in [0.29, 0.717) is 53.5 Å². The quantitative estimate of drug-likeness (QED) is 0.162. The molecule has 1 aromatic heterocycles. The van der Waals surface area contributed by atoms with Crippen LogP contribution in [0.4, 0.5) is 0 Å². The predicted octanol–water partition coefficient (Wildman–Crippen LogP) is 7.28. The number of hydrogen-bond donors (Lipinski definition) is 0. The second-order valence-electron chi connectivity index (χ2n) is 7.77. The molecule has 1 aromatic carbocycles. The van der Waals surface area contributed by atoms with Crippen LogP contribution in [0.15, 0.2) is 46.2 Å². The van der Waals surface area contributed by atoms with Crippen molar-refractivity contribution in [2.75, 3.05) is 19.8 Å². The van der Waals surface area contributed by atoms with Gasteiger partial charge in [-0.3, -0.25) is 0 Å². The molecule has 180 valence electrons. The summed E-state index contributed by atoms with van der Waals surface area (Å²) in [4.78, 5) is 9.60. The summed E-state index contributed by atoms with van der Waals surface area (Å²) in [6, 6.07) is 6.97. The third-order valence-corrected chi connectivity index (χ3v) is 4.64. The highest BCUT2D eigenvalue weighted by atomic mass is 35.5. The fourth-order valence-corrected chi connectivity index (χ4v) is 3.03. The third-order valence-electron chi connectivity index (χ3n) is 3.77. The lowest BCUT2D eigenvalue weighted by Gasteiger charge is -2.14. The Hall–Kier alpha value is -1.86. The van der Waals surface area contributed by atoms with Crippen LogP contribution in [0.3, 0.4) is 0 Å². The molecule has 0 radical (unpaired) electrons. The molecule has 0 aliphatic heterocycles. The largest absolute Gasteiger partial charge is 0.490 e. The number of nitrogens with zero attached hydrogens (tertiary/aromatic N) is 2. The summed E-state index contributed by atoms with van der Waals surface area (Å²) in [7, 11) is 0. The number of pyridine rings is 1. The van der Waals surface area contributed by atoms with Crippen molar-refractivity contribution in [1.29, 1.82) is 0 Å². The van der Waals surface area contributed by atoms with E-state index in [-0.39, 0.29) is 16.7 Å².